The maximum atomic E-state index is 12.2. The predicted octanol–water partition coefficient (Wildman–Crippen LogP) is 2.47. The Morgan fingerprint density at radius 1 is 1.22 bits per heavy atom. The van der Waals surface area contributed by atoms with Crippen molar-refractivity contribution in [2.45, 2.75) is 19.3 Å². The Kier molecular flexibility index (Phi) is 2.28. The normalized spacial score (nSPS) is 39.5. The first-order chi connectivity index (χ1) is 8.74. The molecule has 1 aromatic rings. The monoisotopic (exact) mass is 307 g/mol. The third kappa shape index (κ3) is 1.53. The third-order valence-corrected chi connectivity index (χ3v) is 5.32. The van der Waals surface area contributed by atoms with Crippen molar-refractivity contribution < 1.29 is 4.79 Å². The first-order valence-electron chi connectivity index (χ1n) is 6.52. The number of carbonyl (C=O) groups is 1. The van der Waals surface area contributed by atoms with Crippen molar-refractivity contribution >= 4 is 27.7 Å². The van der Waals surface area contributed by atoms with Crippen LogP contribution in [-0.4, -0.2) is 15.9 Å². The minimum Gasteiger partial charge on any atom is -0.309 e. The molecule has 94 valence electrons. The Morgan fingerprint density at radius 3 is 2.56 bits per heavy atom. The number of anilines is 1. The molecule has 3 fully saturated rings. The zero-order chi connectivity index (χ0) is 12.3. The largest absolute Gasteiger partial charge is 0.309 e. The summed E-state index contributed by atoms with van der Waals surface area (Å²) in [6.07, 6.45) is 7.25. The molecule has 4 unspecified atom stereocenters. The Hall–Kier alpha value is -0.970. The van der Waals surface area contributed by atoms with Crippen LogP contribution in [-0.2, 0) is 4.79 Å². The van der Waals surface area contributed by atoms with Crippen LogP contribution in [0.25, 0.3) is 0 Å². The summed E-state index contributed by atoms with van der Waals surface area (Å²) < 4.78 is 0.682. The number of aromatic nitrogens is 2. The van der Waals surface area contributed by atoms with E-state index in [1.807, 2.05) is 0 Å². The number of nitrogens with one attached hydrogen (secondary N) is 1. The van der Waals surface area contributed by atoms with E-state index in [1.165, 1.54) is 19.3 Å². The molecule has 0 radical (unpaired) electrons. The van der Waals surface area contributed by atoms with Gasteiger partial charge in [-0.1, -0.05) is 0 Å². The lowest BCUT2D eigenvalue weighted by atomic mass is 10.0. The number of hydrogen-bond donors (Lipinski definition) is 1. The molecule has 18 heavy (non-hydrogen) atoms. The van der Waals surface area contributed by atoms with Gasteiger partial charge in [-0.3, -0.25) is 4.79 Å². The molecule has 4 rings (SSSR count). The van der Waals surface area contributed by atoms with E-state index in [0.717, 1.165) is 11.8 Å². The van der Waals surface area contributed by atoms with Crippen molar-refractivity contribution in [3.8, 4) is 0 Å². The fourth-order valence-corrected chi connectivity index (χ4v) is 4.47. The molecule has 2 bridgehead atoms. The first-order valence-corrected chi connectivity index (χ1v) is 7.32. The van der Waals surface area contributed by atoms with Gasteiger partial charge in [0.15, 0.2) is 5.82 Å². The number of amides is 1. The van der Waals surface area contributed by atoms with Gasteiger partial charge in [-0.2, -0.15) is 0 Å². The van der Waals surface area contributed by atoms with Crippen molar-refractivity contribution in [1.82, 2.24) is 9.97 Å². The first kappa shape index (κ1) is 10.9. The summed E-state index contributed by atoms with van der Waals surface area (Å²) in [7, 11) is 0. The Morgan fingerprint density at radius 2 is 1.94 bits per heavy atom. The quantitative estimate of drug-likeness (QED) is 0.913. The zero-order valence-electron chi connectivity index (χ0n) is 9.84. The second-order valence-electron chi connectivity index (χ2n) is 5.73. The molecule has 0 aromatic carbocycles. The van der Waals surface area contributed by atoms with Crippen molar-refractivity contribution in [3.63, 3.8) is 0 Å². The second kappa shape index (κ2) is 3.76. The molecule has 0 saturated heterocycles. The van der Waals surface area contributed by atoms with Gasteiger partial charge in [0.2, 0.25) is 5.91 Å². The Bertz CT molecular complexity index is 487. The lowest BCUT2D eigenvalue weighted by molar-refractivity contribution is -0.118. The lowest BCUT2D eigenvalue weighted by Crippen LogP contribution is -2.19. The van der Waals surface area contributed by atoms with Crippen LogP contribution in [0.15, 0.2) is 17.0 Å². The molecule has 0 aliphatic heterocycles. The zero-order valence-corrected chi connectivity index (χ0v) is 11.4. The van der Waals surface area contributed by atoms with E-state index in [1.54, 1.807) is 12.4 Å². The predicted molar refractivity (Wildman–Crippen MR) is 69.7 cm³/mol. The van der Waals surface area contributed by atoms with Gasteiger partial charge in [-0.15, -0.1) is 0 Å². The highest BCUT2D eigenvalue weighted by atomic mass is 79.9. The number of nitrogens with zero attached hydrogens (tertiary/aromatic N) is 2. The van der Waals surface area contributed by atoms with Crippen LogP contribution in [0.5, 0.6) is 0 Å². The third-order valence-electron chi connectivity index (χ3n) is 4.91. The van der Waals surface area contributed by atoms with E-state index in [9.17, 15) is 4.79 Å². The summed E-state index contributed by atoms with van der Waals surface area (Å²) in [5.41, 5.74) is 0. The average molecular weight is 308 g/mol. The summed E-state index contributed by atoms with van der Waals surface area (Å²) in [5, 5.41) is 2.90. The summed E-state index contributed by atoms with van der Waals surface area (Å²) in [6.45, 7) is 0. The van der Waals surface area contributed by atoms with Crippen LogP contribution in [0.1, 0.15) is 19.3 Å². The Labute approximate surface area is 114 Å². The van der Waals surface area contributed by atoms with E-state index >= 15 is 0 Å². The van der Waals surface area contributed by atoms with Gasteiger partial charge < -0.3 is 5.32 Å². The minimum absolute atomic E-state index is 0.151. The molecule has 3 saturated carbocycles. The molecule has 4 atom stereocenters. The van der Waals surface area contributed by atoms with Gasteiger partial charge in [0.25, 0.3) is 0 Å². The van der Waals surface area contributed by atoms with Gasteiger partial charge >= 0.3 is 0 Å². The standard InChI is InChI=1S/C13H14BrN3O/c14-8-4-16-9(5-15-8)17-13(18)12-10-6-1-2-7(3-6)11(10)12/h4-7,10-12H,1-3H2,(H,16,17,18). The highest BCUT2D eigenvalue weighted by molar-refractivity contribution is 9.10. The molecule has 0 spiro atoms. The van der Waals surface area contributed by atoms with E-state index in [-0.39, 0.29) is 11.8 Å². The average Bonchev–Trinajstić information content (AvgIpc) is 2.82. The van der Waals surface area contributed by atoms with Crippen LogP contribution < -0.4 is 5.32 Å². The molecule has 1 heterocycles. The highest BCUT2D eigenvalue weighted by Crippen LogP contribution is 2.69. The van der Waals surface area contributed by atoms with Crippen molar-refractivity contribution in [2.24, 2.45) is 29.6 Å². The van der Waals surface area contributed by atoms with Crippen LogP contribution >= 0.6 is 15.9 Å². The van der Waals surface area contributed by atoms with Crippen molar-refractivity contribution in [3.05, 3.63) is 17.0 Å². The molecule has 1 N–H and O–H groups in total. The SMILES string of the molecule is O=C(Nc1cnc(Br)cn1)C1C2C3CCC(C3)C12. The number of carbonyl (C=O) groups excluding carboxylic acids is 1. The van der Waals surface area contributed by atoms with Gasteiger partial charge in [0, 0.05) is 5.92 Å². The molecule has 1 aromatic heterocycles. The molecule has 5 heteroatoms. The van der Waals surface area contributed by atoms with Gasteiger partial charge in [0.05, 0.1) is 12.4 Å². The minimum atomic E-state index is 0.151. The highest BCUT2D eigenvalue weighted by Gasteiger charge is 2.67. The number of halogens is 1. The van der Waals surface area contributed by atoms with Gasteiger partial charge in [-0.05, 0) is 58.9 Å². The maximum Gasteiger partial charge on any atom is 0.229 e. The van der Waals surface area contributed by atoms with Crippen molar-refractivity contribution in [2.75, 3.05) is 5.32 Å². The second-order valence-corrected chi connectivity index (χ2v) is 6.54. The van der Waals surface area contributed by atoms with Crippen LogP contribution in [0, 0.1) is 29.6 Å². The molecular formula is C13H14BrN3O. The molecule has 3 aliphatic rings. The van der Waals surface area contributed by atoms with E-state index < -0.39 is 0 Å². The maximum absolute atomic E-state index is 12.2. The van der Waals surface area contributed by atoms with E-state index in [2.05, 4.69) is 31.2 Å². The number of fused-ring (bicyclic) bond motifs is 5. The summed E-state index contributed by atoms with van der Waals surface area (Å²) >= 11 is 3.23. The topological polar surface area (TPSA) is 54.9 Å². The number of rotatable bonds is 2. The van der Waals surface area contributed by atoms with E-state index in [0.29, 0.717) is 22.3 Å². The summed E-state index contributed by atoms with van der Waals surface area (Å²) in [6, 6.07) is 0. The smallest absolute Gasteiger partial charge is 0.229 e. The lowest BCUT2D eigenvalue weighted by Gasteiger charge is -2.08. The molecule has 3 aliphatic carbocycles. The Balaban J connectivity index is 1.45. The van der Waals surface area contributed by atoms with E-state index in [4.69, 9.17) is 0 Å². The van der Waals surface area contributed by atoms with Crippen LogP contribution in [0.2, 0.25) is 0 Å². The van der Waals surface area contributed by atoms with Crippen molar-refractivity contribution in [1.29, 1.82) is 0 Å². The van der Waals surface area contributed by atoms with Gasteiger partial charge in [-0.25, -0.2) is 9.97 Å². The van der Waals surface area contributed by atoms with Crippen LogP contribution in [0.4, 0.5) is 5.82 Å². The fourth-order valence-electron chi connectivity index (χ4n) is 4.26. The molecular weight excluding hydrogens is 294 g/mol. The molecule has 4 nitrogen and oxygen atoms in total. The molecule has 1 amide bonds. The number of hydrogen-bond acceptors (Lipinski definition) is 3. The van der Waals surface area contributed by atoms with Gasteiger partial charge in [0.1, 0.15) is 4.60 Å². The summed E-state index contributed by atoms with van der Waals surface area (Å²) in [5.74, 6) is 3.96. The summed E-state index contributed by atoms with van der Waals surface area (Å²) in [4.78, 5) is 20.4. The van der Waals surface area contributed by atoms with Crippen LogP contribution in [0.3, 0.4) is 0 Å². The fraction of sp³-hybridized carbons (Fsp3) is 0.615.